The van der Waals surface area contributed by atoms with Crippen LogP contribution in [-0.2, 0) is 30.5 Å². The molecule has 1 aliphatic rings. The van der Waals surface area contributed by atoms with Crippen molar-refractivity contribution < 1.29 is 29.0 Å². The lowest BCUT2D eigenvalue weighted by Gasteiger charge is -2.23. The maximum atomic E-state index is 12.9. The number of allylic oxidation sites excluding steroid dienone is 2. The van der Waals surface area contributed by atoms with Gasteiger partial charge in [0.1, 0.15) is 17.3 Å². The number of para-hydroxylation sites is 1. The number of carboxylic acids is 1. The van der Waals surface area contributed by atoms with Crippen LogP contribution in [0.2, 0.25) is 0 Å². The first kappa shape index (κ1) is 22.9. The summed E-state index contributed by atoms with van der Waals surface area (Å²) < 4.78 is 5.63. The third-order valence-corrected chi connectivity index (χ3v) is 4.77. The zero-order valence-electron chi connectivity index (χ0n) is 16.7. The van der Waals surface area contributed by atoms with Crippen molar-refractivity contribution in [3.05, 3.63) is 88.6 Å². The van der Waals surface area contributed by atoms with Gasteiger partial charge < -0.3 is 20.5 Å². The highest BCUT2D eigenvalue weighted by Crippen LogP contribution is 2.21. The Labute approximate surface area is 188 Å². The van der Waals surface area contributed by atoms with Crippen LogP contribution in [0.25, 0.3) is 0 Å². The number of hydrogen-bond donors (Lipinski definition) is 3. The van der Waals surface area contributed by atoms with E-state index in [0.717, 1.165) is 11.6 Å². The molecule has 0 aromatic heterocycles. The number of anilines is 1. The van der Waals surface area contributed by atoms with Gasteiger partial charge in [0, 0.05) is 11.8 Å². The fraction of sp³-hybridized carbons (Fsp3) is 0.130. The zero-order valence-corrected chi connectivity index (χ0v) is 17.5. The molecule has 2 aromatic carbocycles. The first-order chi connectivity index (χ1) is 15.4. The van der Waals surface area contributed by atoms with Crippen LogP contribution in [0.15, 0.2) is 83.0 Å². The molecule has 1 atom stereocenters. The van der Waals surface area contributed by atoms with Crippen LogP contribution in [0, 0.1) is 0 Å². The number of benzene rings is 2. The molecular weight excluding hydrogens is 436 g/mol. The molecule has 1 aliphatic carbocycles. The van der Waals surface area contributed by atoms with Gasteiger partial charge in [0.2, 0.25) is 11.7 Å². The molecule has 0 fully saturated rings. The summed E-state index contributed by atoms with van der Waals surface area (Å²) in [5.74, 6) is -4.05. The van der Waals surface area contributed by atoms with E-state index in [4.69, 9.17) is 16.3 Å². The van der Waals surface area contributed by atoms with Crippen molar-refractivity contribution in [1.82, 2.24) is 5.32 Å². The summed E-state index contributed by atoms with van der Waals surface area (Å²) in [5, 5.41) is 14.2. The summed E-state index contributed by atoms with van der Waals surface area (Å²) in [7, 11) is 0. The van der Waals surface area contributed by atoms with E-state index in [1.165, 1.54) is 0 Å². The van der Waals surface area contributed by atoms with Gasteiger partial charge in [-0.3, -0.25) is 14.4 Å². The number of carbonyl (C=O) groups is 4. The predicted molar refractivity (Wildman–Crippen MR) is 117 cm³/mol. The highest BCUT2D eigenvalue weighted by Gasteiger charge is 2.34. The van der Waals surface area contributed by atoms with Crippen molar-refractivity contribution in [2.24, 2.45) is 0 Å². The van der Waals surface area contributed by atoms with Gasteiger partial charge in [-0.25, -0.2) is 4.79 Å². The number of rotatable bonds is 9. The number of ether oxygens (including phenoxy) is 1. The maximum Gasteiger partial charge on any atom is 0.341 e. The molecule has 9 heteroatoms. The number of amides is 1. The summed E-state index contributed by atoms with van der Waals surface area (Å²) in [6.07, 6.45) is 0.740. The van der Waals surface area contributed by atoms with Crippen molar-refractivity contribution >= 4 is 40.7 Å². The molecule has 164 valence electrons. The molecule has 2 aromatic rings. The zero-order chi connectivity index (χ0) is 23.1. The van der Waals surface area contributed by atoms with E-state index in [9.17, 15) is 24.3 Å². The molecule has 0 radical (unpaired) electrons. The topological polar surface area (TPSA) is 122 Å². The van der Waals surface area contributed by atoms with E-state index in [-0.39, 0.29) is 13.2 Å². The maximum absolute atomic E-state index is 12.9. The third-order valence-electron chi connectivity index (χ3n) is 4.48. The van der Waals surface area contributed by atoms with Crippen molar-refractivity contribution in [2.45, 2.75) is 12.6 Å². The van der Waals surface area contributed by atoms with Gasteiger partial charge in [0.25, 0.3) is 0 Å². The Morgan fingerprint density at radius 3 is 2.25 bits per heavy atom. The number of carboxylic acid groups (broad SMARTS) is 1. The molecule has 8 nitrogen and oxygen atoms in total. The highest BCUT2D eigenvalue weighted by atomic mass is 35.5. The lowest BCUT2D eigenvalue weighted by molar-refractivity contribution is -0.135. The van der Waals surface area contributed by atoms with E-state index < -0.39 is 45.8 Å². The number of aliphatic carboxylic acids is 1. The minimum atomic E-state index is -1.61. The molecule has 0 heterocycles. The normalized spacial score (nSPS) is 14.6. The van der Waals surface area contributed by atoms with Gasteiger partial charge in [0.05, 0.1) is 18.2 Å². The van der Waals surface area contributed by atoms with Gasteiger partial charge in [-0.1, -0.05) is 60.1 Å². The fourth-order valence-electron chi connectivity index (χ4n) is 2.94. The summed E-state index contributed by atoms with van der Waals surface area (Å²) in [6, 6.07) is 16.6. The van der Waals surface area contributed by atoms with Gasteiger partial charge in [-0.15, -0.1) is 0 Å². The Hall–Kier alpha value is -3.75. The minimum absolute atomic E-state index is 0.177. The largest absolute Gasteiger partial charge is 0.477 e. The number of carbonyl (C=O) groups excluding carboxylic acids is 3. The average Bonchev–Trinajstić information content (AvgIpc) is 2.77. The third kappa shape index (κ3) is 5.69. The monoisotopic (exact) mass is 454 g/mol. The Morgan fingerprint density at radius 1 is 1.00 bits per heavy atom. The van der Waals surface area contributed by atoms with Crippen LogP contribution in [0.5, 0.6) is 0 Å². The predicted octanol–water partition coefficient (Wildman–Crippen LogP) is 2.41. The minimum Gasteiger partial charge on any atom is -0.477 e. The van der Waals surface area contributed by atoms with Crippen LogP contribution >= 0.6 is 11.6 Å². The molecule has 0 spiro atoms. The first-order valence-corrected chi connectivity index (χ1v) is 9.92. The van der Waals surface area contributed by atoms with E-state index >= 15 is 0 Å². The lowest BCUT2D eigenvalue weighted by atomic mass is 9.99. The van der Waals surface area contributed by atoms with E-state index in [2.05, 4.69) is 10.6 Å². The Bertz CT molecular complexity index is 1100. The Morgan fingerprint density at radius 2 is 1.62 bits per heavy atom. The molecule has 32 heavy (non-hydrogen) atoms. The quantitative estimate of drug-likeness (QED) is 0.393. The van der Waals surface area contributed by atoms with Crippen molar-refractivity contribution in [3.63, 3.8) is 0 Å². The SMILES string of the molecule is O=C(O)C1=C(NC(COCc2ccccc2)C(=O)Nc2ccccc2)C(=O)C(Cl)=CC1=O. The smallest absolute Gasteiger partial charge is 0.341 e. The Kier molecular flexibility index (Phi) is 7.54. The van der Waals surface area contributed by atoms with Crippen molar-refractivity contribution in [1.29, 1.82) is 0 Å². The first-order valence-electron chi connectivity index (χ1n) is 9.54. The van der Waals surface area contributed by atoms with E-state index in [1.807, 2.05) is 30.3 Å². The molecule has 1 unspecified atom stereocenters. The summed E-state index contributed by atoms with van der Waals surface area (Å²) >= 11 is 5.80. The van der Waals surface area contributed by atoms with Crippen LogP contribution < -0.4 is 10.6 Å². The average molecular weight is 455 g/mol. The lowest BCUT2D eigenvalue weighted by Crippen LogP contribution is -2.46. The number of ketones is 2. The van der Waals surface area contributed by atoms with Gasteiger partial charge in [0.15, 0.2) is 5.78 Å². The fourth-order valence-corrected chi connectivity index (χ4v) is 3.13. The number of halogens is 1. The van der Waals surface area contributed by atoms with Gasteiger partial charge in [-0.05, 0) is 17.7 Å². The molecule has 0 bridgehead atoms. The summed E-state index contributed by atoms with van der Waals surface area (Å²) in [4.78, 5) is 49.1. The molecule has 1 amide bonds. The molecule has 0 saturated heterocycles. The second-order valence-corrected chi connectivity index (χ2v) is 7.20. The second-order valence-electron chi connectivity index (χ2n) is 6.79. The summed E-state index contributed by atoms with van der Waals surface area (Å²) in [5.41, 5.74) is -0.00896. The van der Waals surface area contributed by atoms with Gasteiger partial charge >= 0.3 is 5.97 Å². The number of hydrogen-bond acceptors (Lipinski definition) is 6. The van der Waals surface area contributed by atoms with Crippen LogP contribution in [0.4, 0.5) is 5.69 Å². The Balaban J connectivity index is 1.84. The van der Waals surface area contributed by atoms with Crippen LogP contribution in [-0.4, -0.2) is 41.2 Å². The highest BCUT2D eigenvalue weighted by molar-refractivity contribution is 6.50. The number of nitrogens with one attached hydrogen (secondary N) is 2. The molecular formula is C23H19ClN2O6. The van der Waals surface area contributed by atoms with E-state index in [0.29, 0.717) is 5.69 Å². The number of Topliss-reactive ketones (excluding diaryl/α,β-unsaturated/α-hetero) is 1. The van der Waals surface area contributed by atoms with Gasteiger partial charge in [-0.2, -0.15) is 0 Å². The molecule has 0 aliphatic heterocycles. The van der Waals surface area contributed by atoms with Crippen molar-refractivity contribution in [2.75, 3.05) is 11.9 Å². The van der Waals surface area contributed by atoms with Crippen molar-refractivity contribution in [3.8, 4) is 0 Å². The van der Waals surface area contributed by atoms with E-state index in [1.54, 1.807) is 30.3 Å². The van der Waals surface area contributed by atoms with Crippen LogP contribution in [0.3, 0.4) is 0 Å². The molecule has 3 N–H and O–H groups in total. The molecule has 0 saturated carbocycles. The summed E-state index contributed by atoms with van der Waals surface area (Å²) in [6.45, 7) is -0.0389. The second kappa shape index (κ2) is 10.5. The standard InChI is InChI=1S/C23H19ClN2O6/c24-16-11-18(27)19(23(30)31)20(21(16)28)26-17(13-32-12-14-7-3-1-4-8-14)22(29)25-15-9-5-2-6-10-15/h1-11,17,26H,12-13H2,(H,25,29)(H,30,31). The van der Waals surface area contributed by atoms with Crippen LogP contribution in [0.1, 0.15) is 5.56 Å². The molecule has 3 rings (SSSR count).